The van der Waals surface area contributed by atoms with Crippen LogP contribution in [-0.2, 0) is 13.0 Å². The fourth-order valence-electron chi connectivity index (χ4n) is 4.76. The molecular formula is C24H21Cl2N5OS. The van der Waals surface area contributed by atoms with E-state index in [-0.39, 0.29) is 5.56 Å². The molecule has 9 heteroatoms. The zero-order valence-corrected chi connectivity index (χ0v) is 20.1. The van der Waals surface area contributed by atoms with Crippen LogP contribution in [0.2, 0.25) is 10.0 Å². The summed E-state index contributed by atoms with van der Waals surface area (Å²) in [5.74, 6) is 0. The summed E-state index contributed by atoms with van der Waals surface area (Å²) in [6.45, 7) is 3.46. The monoisotopic (exact) mass is 497 g/mol. The van der Waals surface area contributed by atoms with Gasteiger partial charge in [0.1, 0.15) is 0 Å². The molecule has 1 aromatic carbocycles. The molecule has 0 amide bonds. The van der Waals surface area contributed by atoms with E-state index < -0.39 is 0 Å². The summed E-state index contributed by atoms with van der Waals surface area (Å²) in [4.78, 5) is 20.4. The summed E-state index contributed by atoms with van der Waals surface area (Å²) < 4.78 is 2.51. The second kappa shape index (κ2) is 8.40. The van der Waals surface area contributed by atoms with Gasteiger partial charge < -0.3 is 10.2 Å². The molecule has 0 unspecified atom stereocenters. The van der Waals surface area contributed by atoms with Crippen LogP contribution in [0.5, 0.6) is 0 Å². The highest BCUT2D eigenvalue weighted by Crippen LogP contribution is 2.44. The maximum Gasteiger partial charge on any atom is 0.268 e. The maximum absolute atomic E-state index is 12.3. The minimum atomic E-state index is -0.221. The number of benzene rings is 1. The van der Waals surface area contributed by atoms with Crippen LogP contribution in [0, 0.1) is 0 Å². The van der Waals surface area contributed by atoms with Gasteiger partial charge in [0.25, 0.3) is 5.56 Å². The van der Waals surface area contributed by atoms with Gasteiger partial charge in [0.2, 0.25) is 0 Å². The number of hydrogen-bond acceptors (Lipinski definition) is 6. The van der Waals surface area contributed by atoms with Crippen LogP contribution in [0.25, 0.3) is 21.3 Å². The van der Waals surface area contributed by atoms with E-state index in [4.69, 9.17) is 23.2 Å². The molecule has 1 saturated heterocycles. The van der Waals surface area contributed by atoms with Gasteiger partial charge in [-0.3, -0.25) is 9.78 Å². The Morgan fingerprint density at radius 2 is 2.00 bits per heavy atom. The Labute approximate surface area is 204 Å². The van der Waals surface area contributed by atoms with Crippen LogP contribution in [0.4, 0.5) is 5.69 Å². The minimum Gasteiger partial charge on any atom is -0.365 e. The van der Waals surface area contributed by atoms with Gasteiger partial charge in [-0.1, -0.05) is 23.2 Å². The molecule has 6 nitrogen and oxygen atoms in total. The number of halogens is 2. The van der Waals surface area contributed by atoms with E-state index in [0.29, 0.717) is 17.6 Å². The first-order chi connectivity index (χ1) is 16.1. The number of thiophene rings is 1. The lowest BCUT2D eigenvalue weighted by Crippen LogP contribution is -2.58. The predicted molar refractivity (Wildman–Crippen MR) is 135 cm³/mol. The van der Waals surface area contributed by atoms with Crippen LogP contribution in [-0.4, -0.2) is 40.4 Å². The number of hydrogen-bond donors (Lipinski definition) is 1. The largest absolute Gasteiger partial charge is 0.365 e. The van der Waals surface area contributed by atoms with Crippen molar-refractivity contribution in [2.45, 2.75) is 25.4 Å². The van der Waals surface area contributed by atoms with E-state index in [2.05, 4.69) is 38.5 Å². The number of aromatic nitrogens is 3. The Morgan fingerprint density at radius 1 is 1.12 bits per heavy atom. The highest BCUT2D eigenvalue weighted by Gasteiger charge is 2.31. The molecule has 1 fully saturated rings. The molecule has 4 aromatic rings. The average Bonchev–Trinajstić information content (AvgIpc) is 3.16. The van der Waals surface area contributed by atoms with Gasteiger partial charge in [-0.2, -0.15) is 5.10 Å². The normalized spacial score (nSPS) is 16.1. The molecule has 0 spiro atoms. The van der Waals surface area contributed by atoms with E-state index in [1.54, 1.807) is 11.3 Å². The van der Waals surface area contributed by atoms with Crippen molar-refractivity contribution in [3.05, 3.63) is 73.6 Å². The number of aryl methyl sites for hydroxylation is 1. The Bertz CT molecular complexity index is 1430. The summed E-state index contributed by atoms with van der Waals surface area (Å²) in [5.41, 5.74) is 5.60. The van der Waals surface area contributed by atoms with Gasteiger partial charge in [0.15, 0.2) is 0 Å². The number of pyridine rings is 1. The van der Waals surface area contributed by atoms with Gasteiger partial charge in [-0.25, -0.2) is 4.68 Å². The Kier molecular flexibility index (Phi) is 5.37. The summed E-state index contributed by atoms with van der Waals surface area (Å²) in [7, 11) is 0. The Hall–Kier alpha value is -2.45. The van der Waals surface area contributed by atoms with Crippen molar-refractivity contribution >= 4 is 50.4 Å². The van der Waals surface area contributed by atoms with E-state index >= 15 is 0 Å². The summed E-state index contributed by atoms with van der Waals surface area (Å²) in [6.07, 6.45) is 5.52. The maximum atomic E-state index is 12.3. The van der Waals surface area contributed by atoms with Crippen LogP contribution in [0.15, 0.2) is 47.5 Å². The topological polar surface area (TPSA) is 63.1 Å². The van der Waals surface area contributed by atoms with Crippen molar-refractivity contribution in [2.75, 3.05) is 24.5 Å². The van der Waals surface area contributed by atoms with Crippen molar-refractivity contribution in [1.29, 1.82) is 0 Å². The number of nitrogens with one attached hydrogen (secondary N) is 1. The highest BCUT2D eigenvalue weighted by atomic mass is 35.5. The summed E-state index contributed by atoms with van der Waals surface area (Å²) >= 11 is 14.1. The first-order valence-electron chi connectivity index (χ1n) is 11.0. The molecule has 2 aliphatic rings. The third-order valence-electron chi connectivity index (χ3n) is 6.38. The number of fused-ring (bicyclic) bond motifs is 2. The highest BCUT2D eigenvalue weighted by molar-refractivity contribution is 7.19. The zero-order valence-electron chi connectivity index (χ0n) is 17.7. The van der Waals surface area contributed by atoms with E-state index in [1.807, 2.05) is 12.3 Å². The molecule has 0 aliphatic carbocycles. The third kappa shape index (κ3) is 3.83. The quantitative estimate of drug-likeness (QED) is 0.446. The van der Waals surface area contributed by atoms with Crippen molar-refractivity contribution in [3.63, 3.8) is 0 Å². The van der Waals surface area contributed by atoms with E-state index in [0.717, 1.165) is 63.7 Å². The summed E-state index contributed by atoms with van der Waals surface area (Å²) in [6, 6.07) is 10.2. The van der Waals surface area contributed by atoms with Gasteiger partial charge in [0, 0.05) is 58.6 Å². The van der Waals surface area contributed by atoms with E-state index in [9.17, 15) is 4.79 Å². The van der Waals surface area contributed by atoms with Crippen LogP contribution in [0.3, 0.4) is 0 Å². The first-order valence-corrected chi connectivity index (χ1v) is 12.5. The molecule has 1 N–H and O–H groups in total. The smallest absolute Gasteiger partial charge is 0.268 e. The third-order valence-corrected chi connectivity index (χ3v) is 7.95. The van der Waals surface area contributed by atoms with Gasteiger partial charge in [0.05, 0.1) is 34.0 Å². The van der Waals surface area contributed by atoms with Crippen LogP contribution < -0.4 is 15.8 Å². The van der Waals surface area contributed by atoms with Crippen molar-refractivity contribution in [2.24, 2.45) is 0 Å². The molecule has 5 heterocycles. The molecule has 33 heavy (non-hydrogen) atoms. The number of rotatable bonds is 4. The predicted octanol–water partition coefficient (Wildman–Crippen LogP) is 4.60. The van der Waals surface area contributed by atoms with Crippen LogP contribution >= 0.6 is 34.5 Å². The van der Waals surface area contributed by atoms with Crippen molar-refractivity contribution in [1.82, 2.24) is 20.1 Å². The molecule has 2 aliphatic heterocycles. The Morgan fingerprint density at radius 3 is 2.79 bits per heavy atom. The van der Waals surface area contributed by atoms with Gasteiger partial charge in [-0.15, -0.1) is 11.3 Å². The minimum absolute atomic E-state index is 0.221. The van der Waals surface area contributed by atoms with Gasteiger partial charge >= 0.3 is 0 Å². The lowest BCUT2D eigenvalue weighted by Gasteiger charge is -2.44. The lowest BCUT2D eigenvalue weighted by molar-refractivity contribution is 0.406. The number of nitrogens with zero attached hydrogens (tertiary/aromatic N) is 4. The Balaban J connectivity index is 1.47. The molecule has 0 saturated carbocycles. The molecule has 0 radical (unpaired) electrons. The molecule has 168 valence electrons. The lowest BCUT2D eigenvalue weighted by atomic mass is 9.92. The SMILES string of the molecule is O=c1cc(Cl)cnn1Cc1cc2nccc(-c3cc(Cl)cc4c3N(C3CNC3)CCC4)c2s1. The molecular weight excluding hydrogens is 477 g/mol. The second-order valence-electron chi connectivity index (χ2n) is 8.53. The molecule has 3 aromatic heterocycles. The van der Waals surface area contributed by atoms with E-state index in [1.165, 1.54) is 28.2 Å². The zero-order chi connectivity index (χ0) is 22.5. The first kappa shape index (κ1) is 21.1. The van der Waals surface area contributed by atoms with Crippen molar-refractivity contribution in [3.8, 4) is 11.1 Å². The van der Waals surface area contributed by atoms with Crippen molar-refractivity contribution < 1.29 is 0 Å². The fourth-order valence-corrected chi connectivity index (χ4v) is 6.26. The summed E-state index contributed by atoms with van der Waals surface area (Å²) in [5, 5.41) is 8.67. The fraction of sp³-hybridized carbons (Fsp3) is 0.292. The average molecular weight is 498 g/mol. The second-order valence-corrected chi connectivity index (χ2v) is 10.5. The number of anilines is 1. The molecule has 6 rings (SSSR count). The standard InChI is InChI=1S/C24H21Cl2N5OS/c25-15-6-14-2-1-5-30(17-11-27-12-17)23(14)20(7-15)19-3-4-28-21-9-18(33-24(19)21)13-31-22(32)8-16(26)10-29-31/h3-4,6-10,17,27H,1-2,5,11-13H2. The van der Waals surface area contributed by atoms with Gasteiger partial charge in [-0.05, 0) is 42.7 Å². The molecule has 0 atom stereocenters. The van der Waals surface area contributed by atoms with Crippen LogP contribution in [0.1, 0.15) is 16.9 Å². The molecule has 0 bridgehead atoms.